The van der Waals surface area contributed by atoms with Crippen LogP contribution in [0.5, 0.6) is 0 Å². The number of ether oxygens (including phenoxy) is 2. The van der Waals surface area contributed by atoms with Crippen LogP contribution in [-0.2, 0) is 9.47 Å². The molecule has 2 aliphatic rings. The Bertz CT molecular complexity index is 181. The second kappa shape index (κ2) is 2.50. The van der Waals surface area contributed by atoms with Crippen LogP contribution in [0.25, 0.3) is 0 Å². The SMILES string of the molecule is O[Si](O)(O)C1([C]2CCO2)CCO1. The van der Waals surface area contributed by atoms with Crippen molar-refractivity contribution in [2.75, 3.05) is 13.2 Å². The maximum Gasteiger partial charge on any atom is 0.529 e. The van der Waals surface area contributed by atoms with Gasteiger partial charge in [0, 0.05) is 12.8 Å². The molecular formula is C6H11O5Si. The highest BCUT2D eigenvalue weighted by molar-refractivity contribution is 6.60. The summed E-state index contributed by atoms with van der Waals surface area (Å²) in [7, 11) is -4.24. The van der Waals surface area contributed by atoms with Gasteiger partial charge in [0.05, 0.1) is 13.2 Å². The lowest BCUT2D eigenvalue weighted by Crippen LogP contribution is -2.71. The zero-order valence-corrected chi connectivity index (χ0v) is 7.49. The van der Waals surface area contributed by atoms with E-state index in [4.69, 9.17) is 23.9 Å². The first-order valence-electron chi connectivity index (χ1n) is 3.86. The van der Waals surface area contributed by atoms with E-state index in [1.54, 1.807) is 0 Å². The van der Waals surface area contributed by atoms with Crippen LogP contribution in [0, 0.1) is 6.10 Å². The molecule has 1 radical (unpaired) electrons. The van der Waals surface area contributed by atoms with Crippen molar-refractivity contribution in [3.05, 3.63) is 6.10 Å². The molecule has 2 fully saturated rings. The normalized spacial score (nSPS) is 37.2. The van der Waals surface area contributed by atoms with Gasteiger partial charge in [-0.2, -0.15) is 0 Å². The summed E-state index contributed by atoms with van der Waals surface area (Å²) in [6.07, 6.45) is 1.59. The summed E-state index contributed by atoms with van der Waals surface area (Å²) >= 11 is 0. The summed E-state index contributed by atoms with van der Waals surface area (Å²) in [4.78, 5) is 27.4. The number of rotatable bonds is 2. The fraction of sp³-hybridized carbons (Fsp3) is 0.833. The van der Waals surface area contributed by atoms with Crippen LogP contribution in [0.1, 0.15) is 12.8 Å². The molecule has 0 bridgehead atoms. The van der Waals surface area contributed by atoms with Gasteiger partial charge in [0.1, 0.15) is 6.10 Å². The molecule has 69 valence electrons. The van der Waals surface area contributed by atoms with Gasteiger partial charge in [0.25, 0.3) is 0 Å². The van der Waals surface area contributed by atoms with Crippen LogP contribution in [0.3, 0.4) is 0 Å². The van der Waals surface area contributed by atoms with Crippen molar-refractivity contribution in [3.63, 3.8) is 0 Å². The zero-order chi connectivity index (χ0) is 8.82. The Balaban J connectivity index is 2.12. The topological polar surface area (TPSA) is 79.2 Å². The predicted octanol–water partition coefficient (Wildman–Crippen LogP) is -1.45. The third-order valence-corrected chi connectivity index (χ3v) is 4.16. The van der Waals surface area contributed by atoms with Gasteiger partial charge in [0.15, 0.2) is 5.22 Å². The van der Waals surface area contributed by atoms with E-state index in [1.165, 1.54) is 0 Å². The van der Waals surface area contributed by atoms with Gasteiger partial charge in [-0.15, -0.1) is 0 Å². The average Bonchev–Trinajstić information content (AvgIpc) is 1.68. The van der Waals surface area contributed by atoms with Crippen molar-refractivity contribution >= 4 is 8.80 Å². The summed E-state index contributed by atoms with van der Waals surface area (Å²) < 4.78 is 10.0. The van der Waals surface area contributed by atoms with E-state index in [2.05, 4.69) is 0 Å². The molecule has 2 heterocycles. The maximum atomic E-state index is 9.15. The zero-order valence-electron chi connectivity index (χ0n) is 6.49. The van der Waals surface area contributed by atoms with E-state index in [1.807, 2.05) is 0 Å². The van der Waals surface area contributed by atoms with E-state index in [0.717, 1.165) is 0 Å². The van der Waals surface area contributed by atoms with Gasteiger partial charge in [-0.05, 0) is 0 Å². The Morgan fingerprint density at radius 1 is 1.25 bits per heavy atom. The van der Waals surface area contributed by atoms with Gasteiger partial charge in [0.2, 0.25) is 0 Å². The monoisotopic (exact) mass is 191 g/mol. The van der Waals surface area contributed by atoms with Crippen molar-refractivity contribution < 1.29 is 23.9 Å². The van der Waals surface area contributed by atoms with Gasteiger partial charge in [-0.1, -0.05) is 0 Å². The molecule has 6 heteroatoms. The van der Waals surface area contributed by atoms with Gasteiger partial charge >= 0.3 is 8.80 Å². The quantitative estimate of drug-likeness (QED) is 0.465. The fourth-order valence-corrected chi connectivity index (χ4v) is 2.80. The van der Waals surface area contributed by atoms with Crippen molar-refractivity contribution in [2.45, 2.75) is 18.1 Å². The first-order valence-corrected chi connectivity index (χ1v) is 5.71. The molecule has 0 aromatic heterocycles. The molecule has 0 spiro atoms. The molecule has 0 saturated carbocycles. The minimum Gasteiger partial charge on any atom is -0.388 e. The lowest BCUT2D eigenvalue weighted by molar-refractivity contribution is -0.183. The molecule has 0 aromatic carbocycles. The molecule has 5 nitrogen and oxygen atoms in total. The third kappa shape index (κ3) is 0.967. The summed E-state index contributed by atoms with van der Waals surface area (Å²) in [5.41, 5.74) is 0. The smallest absolute Gasteiger partial charge is 0.388 e. The fourth-order valence-electron chi connectivity index (χ4n) is 1.50. The second-order valence-electron chi connectivity index (χ2n) is 3.08. The van der Waals surface area contributed by atoms with Crippen LogP contribution in [0.4, 0.5) is 0 Å². The van der Waals surface area contributed by atoms with Gasteiger partial charge in [-0.3, -0.25) is 0 Å². The molecule has 0 aliphatic carbocycles. The molecule has 2 rings (SSSR count). The van der Waals surface area contributed by atoms with Crippen LogP contribution in [0.2, 0.25) is 0 Å². The first-order chi connectivity index (χ1) is 5.56. The van der Waals surface area contributed by atoms with E-state index in [0.29, 0.717) is 32.2 Å². The Kier molecular flexibility index (Phi) is 1.80. The molecule has 1 unspecified atom stereocenters. The molecule has 2 aliphatic heterocycles. The van der Waals surface area contributed by atoms with Crippen molar-refractivity contribution in [2.24, 2.45) is 0 Å². The molecule has 0 amide bonds. The molecular weight excluding hydrogens is 180 g/mol. The standard InChI is InChI=1S/C6H11O5Si/c7-12(8,9)6(2-4-11-6)5-1-3-10-5/h7-9H,1-4H2. The van der Waals surface area contributed by atoms with Gasteiger partial charge < -0.3 is 23.9 Å². The highest BCUT2D eigenvalue weighted by Gasteiger charge is 2.66. The summed E-state index contributed by atoms with van der Waals surface area (Å²) in [6.45, 7) is 1.02. The summed E-state index contributed by atoms with van der Waals surface area (Å²) in [5.74, 6) is 0. The van der Waals surface area contributed by atoms with E-state index < -0.39 is 14.0 Å². The van der Waals surface area contributed by atoms with E-state index >= 15 is 0 Å². The molecule has 2 saturated heterocycles. The van der Waals surface area contributed by atoms with Crippen LogP contribution < -0.4 is 0 Å². The Labute approximate surface area is 70.9 Å². The second-order valence-corrected chi connectivity index (χ2v) is 5.16. The number of hydrogen-bond donors (Lipinski definition) is 3. The molecule has 1 atom stereocenters. The first kappa shape index (κ1) is 8.61. The lowest BCUT2D eigenvalue weighted by atomic mass is 10.00. The Morgan fingerprint density at radius 3 is 1.92 bits per heavy atom. The van der Waals surface area contributed by atoms with E-state index in [-0.39, 0.29) is 0 Å². The van der Waals surface area contributed by atoms with Crippen molar-refractivity contribution in [1.29, 1.82) is 0 Å². The summed E-state index contributed by atoms with van der Waals surface area (Å²) in [5, 5.41) is -1.24. The van der Waals surface area contributed by atoms with E-state index in [9.17, 15) is 0 Å². The molecule has 3 N–H and O–H groups in total. The highest BCUT2D eigenvalue weighted by atomic mass is 28.4. The minimum absolute atomic E-state index is 0.443. The lowest BCUT2D eigenvalue weighted by Gasteiger charge is -2.50. The van der Waals surface area contributed by atoms with Crippen LogP contribution in [-0.4, -0.2) is 41.6 Å². The maximum absolute atomic E-state index is 9.15. The minimum atomic E-state index is -4.24. The van der Waals surface area contributed by atoms with Crippen molar-refractivity contribution in [3.8, 4) is 0 Å². The van der Waals surface area contributed by atoms with Gasteiger partial charge in [-0.25, -0.2) is 0 Å². The Hall–Kier alpha value is 0.0169. The predicted molar refractivity (Wildman–Crippen MR) is 39.5 cm³/mol. The Morgan fingerprint density at radius 2 is 1.83 bits per heavy atom. The third-order valence-electron chi connectivity index (χ3n) is 2.40. The summed E-state index contributed by atoms with van der Waals surface area (Å²) in [6, 6.07) is 0. The average molecular weight is 191 g/mol. The van der Waals surface area contributed by atoms with Crippen LogP contribution >= 0.6 is 0 Å². The van der Waals surface area contributed by atoms with Crippen LogP contribution in [0.15, 0.2) is 0 Å². The highest BCUT2D eigenvalue weighted by Crippen LogP contribution is 2.45. The largest absolute Gasteiger partial charge is 0.529 e. The molecule has 12 heavy (non-hydrogen) atoms. The number of hydrogen-bond acceptors (Lipinski definition) is 5. The molecule has 0 aromatic rings. The van der Waals surface area contributed by atoms with Crippen molar-refractivity contribution in [1.82, 2.24) is 0 Å².